The van der Waals surface area contributed by atoms with Crippen molar-refractivity contribution in [2.75, 3.05) is 7.05 Å². The average molecular weight is 139 g/mol. The van der Waals surface area contributed by atoms with E-state index >= 15 is 0 Å². The fourth-order valence-corrected chi connectivity index (χ4v) is 2.30. The van der Waals surface area contributed by atoms with Crippen LogP contribution in [-0.2, 0) is 0 Å². The summed E-state index contributed by atoms with van der Waals surface area (Å²) in [5.74, 6) is 1.95. The van der Waals surface area contributed by atoms with Crippen molar-refractivity contribution in [2.45, 2.75) is 38.8 Å². The summed E-state index contributed by atoms with van der Waals surface area (Å²) in [5.41, 5.74) is 0. The zero-order chi connectivity index (χ0) is 7.30. The molecular formula is C9H17N. The molecule has 1 saturated heterocycles. The van der Waals surface area contributed by atoms with Gasteiger partial charge in [0.2, 0.25) is 0 Å². The Balaban J connectivity index is 1.90. The molecular weight excluding hydrogens is 122 g/mol. The van der Waals surface area contributed by atoms with Crippen LogP contribution in [-0.4, -0.2) is 24.0 Å². The van der Waals surface area contributed by atoms with Crippen LogP contribution in [0.4, 0.5) is 0 Å². The third-order valence-corrected chi connectivity index (χ3v) is 2.99. The molecule has 2 unspecified atom stereocenters. The van der Waals surface area contributed by atoms with Crippen molar-refractivity contribution in [1.29, 1.82) is 0 Å². The maximum atomic E-state index is 2.54. The number of nitrogens with zero attached hydrogens (tertiary/aromatic N) is 1. The van der Waals surface area contributed by atoms with Crippen LogP contribution < -0.4 is 0 Å². The normalized spacial score (nSPS) is 46.2. The van der Waals surface area contributed by atoms with Crippen LogP contribution >= 0.6 is 0 Å². The maximum Gasteiger partial charge on any atom is 0.0282 e. The van der Waals surface area contributed by atoms with E-state index in [1.165, 1.54) is 12.8 Å². The van der Waals surface area contributed by atoms with Gasteiger partial charge in [-0.05, 0) is 31.7 Å². The quantitative estimate of drug-likeness (QED) is 0.527. The van der Waals surface area contributed by atoms with Crippen LogP contribution in [0.2, 0.25) is 0 Å². The Morgan fingerprint density at radius 3 is 2.20 bits per heavy atom. The van der Waals surface area contributed by atoms with Gasteiger partial charge in [-0.25, -0.2) is 0 Å². The highest BCUT2D eigenvalue weighted by atomic mass is 15.3. The van der Waals surface area contributed by atoms with Crippen LogP contribution in [0.15, 0.2) is 0 Å². The topological polar surface area (TPSA) is 3.01 Å². The second-order valence-corrected chi connectivity index (χ2v) is 4.23. The van der Waals surface area contributed by atoms with Crippen LogP contribution in [0, 0.1) is 11.8 Å². The first-order chi connectivity index (χ1) is 4.72. The molecule has 0 aromatic rings. The van der Waals surface area contributed by atoms with Crippen molar-refractivity contribution >= 4 is 0 Å². The van der Waals surface area contributed by atoms with Gasteiger partial charge < -0.3 is 0 Å². The van der Waals surface area contributed by atoms with Gasteiger partial charge in [-0.3, -0.25) is 4.90 Å². The minimum atomic E-state index is 0.871. The molecule has 58 valence electrons. The third-order valence-electron chi connectivity index (χ3n) is 2.99. The van der Waals surface area contributed by atoms with Gasteiger partial charge in [-0.2, -0.15) is 0 Å². The monoisotopic (exact) mass is 139 g/mol. The van der Waals surface area contributed by atoms with Gasteiger partial charge in [0, 0.05) is 12.1 Å². The Hall–Kier alpha value is -0.0400. The summed E-state index contributed by atoms with van der Waals surface area (Å²) in [7, 11) is 2.27. The first kappa shape index (κ1) is 6.66. The lowest BCUT2D eigenvalue weighted by molar-refractivity contribution is 0.501. The smallest absolute Gasteiger partial charge is 0.0282 e. The Kier molecular flexibility index (Phi) is 1.31. The first-order valence-corrected chi connectivity index (χ1v) is 4.43. The molecule has 1 heteroatoms. The Labute approximate surface area is 63.4 Å². The molecule has 0 N–H and O–H groups in total. The fourth-order valence-electron chi connectivity index (χ4n) is 2.30. The van der Waals surface area contributed by atoms with E-state index in [1.807, 2.05) is 0 Å². The summed E-state index contributed by atoms with van der Waals surface area (Å²) in [4.78, 5) is 2.54. The molecule has 1 aliphatic carbocycles. The van der Waals surface area contributed by atoms with Gasteiger partial charge in [0.1, 0.15) is 0 Å². The molecule has 0 bridgehead atoms. The lowest BCUT2D eigenvalue weighted by Crippen LogP contribution is -2.03. The van der Waals surface area contributed by atoms with E-state index in [-0.39, 0.29) is 0 Å². The lowest BCUT2D eigenvalue weighted by atomic mass is 10.1. The Morgan fingerprint density at radius 2 is 1.90 bits per heavy atom. The summed E-state index contributed by atoms with van der Waals surface area (Å²) in [6.07, 6.45) is 3.00. The molecule has 0 radical (unpaired) electrons. The van der Waals surface area contributed by atoms with Crippen molar-refractivity contribution in [2.24, 2.45) is 11.8 Å². The van der Waals surface area contributed by atoms with Crippen molar-refractivity contribution < 1.29 is 0 Å². The summed E-state index contributed by atoms with van der Waals surface area (Å²) in [6, 6.07) is 1.90. The van der Waals surface area contributed by atoms with E-state index in [2.05, 4.69) is 25.8 Å². The highest BCUT2D eigenvalue weighted by Crippen LogP contribution is 2.47. The predicted octanol–water partition coefficient (Wildman–Crippen LogP) is 1.74. The number of rotatable bonds is 2. The van der Waals surface area contributed by atoms with Crippen molar-refractivity contribution in [1.82, 2.24) is 4.90 Å². The lowest BCUT2D eigenvalue weighted by Gasteiger charge is -1.98. The van der Waals surface area contributed by atoms with E-state index in [4.69, 9.17) is 0 Å². The molecule has 0 aromatic carbocycles. The number of hydrogen-bond acceptors (Lipinski definition) is 1. The van der Waals surface area contributed by atoms with Crippen LogP contribution in [0.1, 0.15) is 26.7 Å². The maximum absolute atomic E-state index is 2.54. The number of likely N-dealkylation sites (N-methyl/N-ethyl adjacent to an activating group) is 1. The Bertz CT molecular complexity index is 130. The zero-order valence-corrected chi connectivity index (χ0v) is 7.17. The molecule has 1 saturated carbocycles. The molecule has 1 heterocycles. The fraction of sp³-hybridized carbons (Fsp3) is 1.00. The highest BCUT2D eigenvalue weighted by Gasteiger charge is 2.53. The van der Waals surface area contributed by atoms with Crippen molar-refractivity contribution in [3.8, 4) is 0 Å². The van der Waals surface area contributed by atoms with Gasteiger partial charge >= 0.3 is 0 Å². The molecule has 1 nitrogen and oxygen atoms in total. The van der Waals surface area contributed by atoms with Gasteiger partial charge in [0.25, 0.3) is 0 Å². The van der Waals surface area contributed by atoms with Gasteiger partial charge in [0.05, 0.1) is 0 Å². The molecule has 0 spiro atoms. The standard InChI is InChI=1S/C9H17N/c1-6(2)8-9(10(8)3)7-4-5-7/h6-9H,4-5H2,1-3H3/t8?,9-,10?/m1/s1. The third kappa shape index (κ3) is 0.878. The number of hydrogen-bond donors (Lipinski definition) is 0. The second-order valence-electron chi connectivity index (χ2n) is 4.23. The summed E-state index contributed by atoms with van der Waals surface area (Å²) in [6.45, 7) is 4.67. The highest BCUT2D eigenvalue weighted by molar-refractivity contribution is 5.08. The molecule has 10 heavy (non-hydrogen) atoms. The molecule has 2 fully saturated rings. The van der Waals surface area contributed by atoms with Crippen molar-refractivity contribution in [3.05, 3.63) is 0 Å². The largest absolute Gasteiger partial charge is 0.297 e. The molecule has 3 atom stereocenters. The van der Waals surface area contributed by atoms with Gasteiger partial charge in [-0.1, -0.05) is 13.8 Å². The molecule has 0 amide bonds. The SMILES string of the molecule is CC(C)C1[C@@H](C2CC2)N1C. The second kappa shape index (κ2) is 1.97. The first-order valence-electron chi connectivity index (χ1n) is 4.43. The summed E-state index contributed by atoms with van der Waals surface area (Å²) < 4.78 is 0. The molecule has 2 rings (SSSR count). The summed E-state index contributed by atoms with van der Waals surface area (Å²) in [5, 5.41) is 0. The van der Waals surface area contributed by atoms with E-state index in [9.17, 15) is 0 Å². The van der Waals surface area contributed by atoms with E-state index < -0.39 is 0 Å². The van der Waals surface area contributed by atoms with Crippen LogP contribution in [0.3, 0.4) is 0 Å². The zero-order valence-electron chi connectivity index (χ0n) is 7.17. The van der Waals surface area contributed by atoms with Crippen LogP contribution in [0.25, 0.3) is 0 Å². The predicted molar refractivity (Wildman–Crippen MR) is 42.9 cm³/mol. The minimum Gasteiger partial charge on any atom is -0.297 e. The van der Waals surface area contributed by atoms with Gasteiger partial charge in [-0.15, -0.1) is 0 Å². The average Bonchev–Trinajstić information content (AvgIpc) is 2.57. The van der Waals surface area contributed by atoms with Gasteiger partial charge in [0.15, 0.2) is 0 Å². The van der Waals surface area contributed by atoms with E-state index in [0.717, 1.165) is 23.9 Å². The summed E-state index contributed by atoms with van der Waals surface area (Å²) >= 11 is 0. The Morgan fingerprint density at radius 1 is 1.30 bits per heavy atom. The van der Waals surface area contributed by atoms with E-state index in [1.54, 1.807) is 0 Å². The minimum absolute atomic E-state index is 0.871. The molecule has 0 aromatic heterocycles. The molecule has 1 aliphatic heterocycles. The van der Waals surface area contributed by atoms with Crippen LogP contribution in [0.5, 0.6) is 0 Å². The van der Waals surface area contributed by atoms with E-state index in [0.29, 0.717) is 0 Å². The van der Waals surface area contributed by atoms with Crippen molar-refractivity contribution in [3.63, 3.8) is 0 Å². The molecule has 2 aliphatic rings.